The molecule has 0 spiro atoms. The van der Waals surface area contributed by atoms with Gasteiger partial charge < -0.3 is 19.4 Å². The molecule has 1 aliphatic heterocycles. The van der Waals surface area contributed by atoms with Gasteiger partial charge in [0.2, 0.25) is 12.7 Å². The summed E-state index contributed by atoms with van der Waals surface area (Å²) in [5.74, 6) is 1.61. The lowest BCUT2D eigenvalue weighted by Crippen LogP contribution is -2.25. The van der Waals surface area contributed by atoms with Crippen LogP contribution >= 0.6 is 0 Å². The molecule has 2 aromatic rings. The van der Waals surface area contributed by atoms with Gasteiger partial charge in [-0.2, -0.15) is 0 Å². The normalized spacial score (nSPS) is 12.4. The zero-order valence-electron chi connectivity index (χ0n) is 12.3. The molecule has 22 heavy (non-hydrogen) atoms. The number of amides is 1. The van der Waals surface area contributed by atoms with Crippen molar-refractivity contribution in [1.29, 1.82) is 0 Å². The van der Waals surface area contributed by atoms with Gasteiger partial charge in [0.05, 0.1) is 6.33 Å². The number of hydrogen-bond donors (Lipinski definition) is 1. The fraction of sp³-hybridized carbons (Fsp3) is 0.375. The van der Waals surface area contributed by atoms with Gasteiger partial charge in [0.1, 0.15) is 0 Å². The van der Waals surface area contributed by atoms with Crippen LogP contribution in [0.5, 0.6) is 11.5 Å². The standard InChI is InChI=1S/C16H19N3O3/c20-16(18-6-1-8-19-9-7-17-11-19)5-3-13-2-4-14-15(10-13)22-12-21-14/h2,4,7,9-11H,1,3,5-6,8,12H2,(H,18,20). The predicted octanol–water partition coefficient (Wildman–Crippen LogP) is 1.75. The second kappa shape index (κ2) is 6.98. The minimum absolute atomic E-state index is 0.0725. The Morgan fingerprint density at radius 1 is 1.32 bits per heavy atom. The molecule has 0 atom stereocenters. The van der Waals surface area contributed by atoms with Gasteiger partial charge in [0.25, 0.3) is 0 Å². The maximum absolute atomic E-state index is 11.8. The van der Waals surface area contributed by atoms with Crippen LogP contribution in [-0.4, -0.2) is 28.8 Å². The Kier molecular flexibility index (Phi) is 4.58. The molecule has 6 nitrogen and oxygen atoms in total. The van der Waals surface area contributed by atoms with Gasteiger partial charge in [0.15, 0.2) is 11.5 Å². The Morgan fingerprint density at radius 2 is 2.23 bits per heavy atom. The molecule has 0 aliphatic carbocycles. The smallest absolute Gasteiger partial charge is 0.231 e. The minimum Gasteiger partial charge on any atom is -0.454 e. The maximum Gasteiger partial charge on any atom is 0.231 e. The maximum atomic E-state index is 11.8. The van der Waals surface area contributed by atoms with Crippen molar-refractivity contribution in [2.45, 2.75) is 25.8 Å². The van der Waals surface area contributed by atoms with Crippen molar-refractivity contribution < 1.29 is 14.3 Å². The van der Waals surface area contributed by atoms with Gasteiger partial charge in [-0.1, -0.05) is 6.07 Å². The van der Waals surface area contributed by atoms with Crippen molar-refractivity contribution in [2.75, 3.05) is 13.3 Å². The molecule has 6 heteroatoms. The number of rotatable bonds is 7. The van der Waals surface area contributed by atoms with Crippen molar-refractivity contribution >= 4 is 5.91 Å². The van der Waals surface area contributed by atoms with Gasteiger partial charge in [-0.3, -0.25) is 4.79 Å². The van der Waals surface area contributed by atoms with E-state index < -0.39 is 0 Å². The first-order chi connectivity index (χ1) is 10.8. The monoisotopic (exact) mass is 301 g/mol. The largest absolute Gasteiger partial charge is 0.454 e. The van der Waals surface area contributed by atoms with E-state index in [-0.39, 0.29) is 12.7 Å². The first-order valence-electron chi connectivity index (χ1n) is 7.42. The fourth-order valence-corrected chi connectivity index (χ4v) is 2.35. The lowest BCUT2D eigenvalue weighted by atomic mass is 10.1. The van der Waals surface area contributed by atoms with Crippen LogP contribution in [0.25, 0.3) is 0 Å². The quantitative estimate of drug-likeness (QED) is 0.791. The summed E-state index contributed by atoms with van der Waals surface area (Å²) >= 11 is 0. The molecule has 2 heterocycles. The molecule has 116 valence electrons. The first-order valence-corrected chi connectivity index (χ1v) is 7.42. The number of benzene rings is 1. The van der Waals surface area contributed by atoms with Crippen LogP contribution in [-0.2, 0) is 17.8 Å². The van der Waals surface area contributed by atoms with Crippen LogP contribution < -0.4 is 14.8 Å². The third-order valence-corrected chi connectivity index (χ3v) is 3.55. The van der Waals surface area contributed by atoms with Crippen molar-refractivity contribution in [3.8, 4) is 11.5 Å². The summed E-state index contributed by atoms with van der Waals surface area (Å²) in [6.45, 7) is 1.82. The SMILES string of the molecule is O=C(CCc1ccc2c(c1)OCO2)NCCCn1ccnc1. The molecule has 3 rings (SSSR count). The summed E-state index contributed by atoms with van der Waals surface area (Å²) in [5, 5.41) is 2.94. The van der Waals surface area contributed by atoms with E-state index in [4.69, 9.17) is 9.47 Å². The Labute approximate surface area is 129 Å². The average Bonchev–Trinajstić information content (AvgIpc) is 3.20. The molecule has 0 bridgehead atoms. The molecule has 0 unspecified atom stereocenters. The van der Waals surface area contributed by atoms with Crippen LogP contribution in [0.3, 0.4) is 0 Å². The molecule has 1 aromatic carbocycles. The molecule has 0 radical (unpaired) electrons. The molecule has 1 aromatic heterocycles. The van der Waals surface area contributed by atoms with Gasteiger partial charge >= 0.3 is 0 Å². The van der Waals surface area contributed by atoms with Crippen LogP contribution in [0, 0.1) is 0 Å². The number of imidazole rings is 1. The van der Waals surface area contributed by atoms with Crippen LogP contribution in [0.15, 0.2) is 36.9 Å². The average molecular weight is 301 g/mol. The second-order valence-corrected chi connectivity index (χ2v) is 5.19. The topological polar surface area (TPSA) is 65.4 Å². The Morgan fingerprint density at radius 3 is 3.09 bits per heavy atom. The van der Waals surface area contributed by atoms with Gasteiger partial charge in [0, 0.05) is 31.9 Å². The van der Waals surface area contributed by atoms with E-state index in [1.54, 1.807) is 12.5 Å². The highest BCUT2D eigenvalue weighted by Crippen LogP contribution is 2.32. The number of aromatic nitrogens is 2. The number of nitrogens with zero attached hydrogens (tertiary/aromatic N) is 2. The number of hydrogen-bond acceptors (Lipinski definition) is 4. The van der Waals surface area contributed by atoms with E-state index >= 15 is 0 Å². The van der Waals surface area contributed by atoms with E-state index in [1.165, 1.54) is 0 Å². The van der Waals surface area contributed by atoms with Crippen molar-refractivity contribution in [1.82, 2.24) is 14.9 Å². The molecule has 0 fully saturated rings. The number of aryl methyl sites for hydroxylation is 2. The summed E-state index contributed by atoms with van der Waals surface area (Å²) < 4.78 is 12.6. The molecule has 0 saturated heterocycles. The molecule has 1 aliphatic rings. The highest BCUT2D eigenvalue weighted by atomic mass is 16.7. The molecule has 1 N–H and O–H groups in total. The summed E-state index contributed by atoms with van der Waals surface area (Å²) in [6.07, 6.45) is 7.52. The number of nitrogens with one attached hydrogen (secondary N) is 1. The second-order valence-electron chi connectivity index (χ2n) is 5.19. The predicted molar refractivity (Wildman–Crippen MR) is 80.7 cm³/mol. The summed E-state index contributed by atoms with van der Waals surface area (Å²) in [5.41, 5.74) is 1.08. The number of fused-ring (bicyclic) bond motifs is 1. The van der Waals surface area contributed by atoms with E-state index in [0.29, 0.717) is 19.4 Å². The number of carbonyl (C=O) groups excluding carboxylic acids is 1. The lowest BCUT2D eigenvalue weighted by molar-refractivity contribution is -0.121. The van der Waals surface area contributed by atoms with E-state index in [0.717, 1.165) is 30.0 Å². The molecule has 0 saturated carbocycles. The van der Waals surface area contributed by atoms with Gasteiger partial charge in [-0.15, -0.1) is 0 Å². The highest BCUT2D eigenvalue weighted by Gasteiger charge is 2.13. The van der Waals surface area contributed by atoms with E-state index in [1.807, 2.05) is 29.0 Å². The fourth-order valence-electron chi connectivity index (χ4n) is 2.35. The first kappa shape index (κ1) is 14.4. The molecular formula is C16H19N3O3. The molecule has 1 amide bonds. The van der Waals surface area contributed by atoms with E-state index in [2.05, 4.69) is 10.3 Å². The van der Waals surface area contributed by atoms with Crippen LogP contribution in [0.4, 0.5) is 0 Å². The Balaban J connectivity index is 1.35. The number of ether oxygens (including phenoxy) is 2. The van der Waals surface area contributed by atoms with Crippen molar-refractivity contribution in [3.05, 3.63) is 42.5 Å². The van der Waals surface area contributed by atoms with Crippen molar-refractivity contribution in [3.63, 3.8) is 0 Å². The zero-order valence-corrected chi connectivity index (χ0v) is 12.3. The summed E-state index contributed by atoms with van der Waals surface area (Å²) in [6, 6.07) is 5.80. The van der Waals surface area contributed by atoms with Crippen LogP contribution in [0.1, 0.15) is 18.4 Å². The minimum atomic E-state index is 0.0725. The van der Waals surface area contributed by atoms with E-state index in [9.17, 15) is 4.79 Å². The van der Waals surface area contributed by atoms with Crippen LogP contribution in [0.2, 0.25) is 0 Å². The molecular weight excluding hydrogens is 282 g/mol. The third kappa shape index (κ3) is 3.78. The summed E-state index contributed by atoms with van der Waals surface area (Å²) in [4.78, 5) is 15.8. The highest BCUT2D eigenvalue weighted by molar-refractivity contribution is 5.76. The zero-order chi connectivity index (χ0) is 15.2. The van der Waals surface area contributed by atoms with Crippen molar-refractivity contribution in [2.24, 2.45) is 0 Å². The van der Waals surface area contributed by atoms with Gasteiger partial charge in [-0.05, 0) is 30.5 Å². The summed E-state index contributed by atoms with van der Waals surface area (Å²) in [7, 11) is 0. The Bertz CT molecular complexity index is 626. The number of carbonyl (C=O) groups is 1. The lowest BCUT2D eigenvalue weighted by Gasteiger charge is -2.06. The Hall–Kier alpha value is -2.50. The van der Waals surface area contributed by atoms with Gasteiger partial charge in [-0.25, -0.2) is 4.98 Å². The third-order valence-electron chi connectivity index (χ3n) is 3.55.